The number of aryl methyl sites for hydroxylation is 1. The second kappa shape index (κ2) is 11.1. The van der Waals surface area contributed by atoms with Crippen molar-refractivity contribution in [1.29, 1.82) is 5.41 Å². The molecule has 44 heavy (non-hydrogen) atoms. The maximum Gasteiger partial charge on any atom is 0.299 e. The van der Waals surface area contributed by atoms with Crippen LogP contribution in [-0.4, -0.2) is 66.6 Å². The van der Waals surface area contributed by atoms with Gasteiger partial charge in [-0.3, -0.25) is 19.8 Å². The van der Waals surface area contributed by atoms with Gasteiger partial charge in [0.05, 0.1) is 32.3 Å². The fourth-order valence-corrected chi connectivity index (χ4v) is 7.02. The molecule has 0 unspecified atom stereocenters. The summed E-state index contributed by atoms with van der Waals surface area (Å²) in [5.41, 5.74) is 7.34. The highest BCUT2D eigenvalue weighted by Crippen LogP contribution is 2.52. The highest BCUT2D eigenvalue weighted by molar-refractivity contribution is 7.10. The third-order valence-corrected chi connectivity index (χ3v) is 9.46. The van der Waals surface area contributed by atoms with Crippen molar-refractivity contribution in [3.63, 3.8) is 0 Å². The lowest BCUT2D eigenvalue weighted by Gasteiger charge is -2.25. The molecule has 3 aliphatic rings. The Kier molecular flexibility index (Phi) is 7.50. The van der Waals surface area contributed by atoms with Gasteiger partial charge in [-0.05, 0) is 48.7 Å². The second-order valence-electron chi connectivity index (χ2n) is 11.2. The van der Waals surface area contributed by atoms with Gasteiger partial charge in [0.25, 0.3) is 11.8 Å². The first-order valence-electron chi connectivity index (χ1n) is 14.1. The Balaban J connectivity index is 1.16. The Labute approximate surface area is 256 Å². The number of ether oxygens (including phenoxy) is 2. The van der Waals surface area contributed by atoms with Crippen LogP contribution in [0.3, 0.4) is 0 Å². The number of nitrogen functional groups attached to an aromatic ring is 1. The van der Waals surface area contributed by atoms with Crippen LogP contribution >= 0.6 is 11.3 Å². The Morgan fingerprint density at radius 2 is 1.89 bits per heavy atom. The monoisotopic (exact) mass is 623 g/mol. The van der Waals surface area contributed by atoms with Crippen LogP contribution in [0.1, 0.15) is 56.9 Å². The number of carbonyl (C=O) groups excluding carboxylic acids is 3. The molecular weight excluding hydrogens is 592 g/mol. The number of likely N-dealkylation sites (tertiary alicyclic amines) is 1. The zero-order chi connectivity index (χ0) is 31.4. The Bertz CT molecular complexity index is 1690. The van der Waals surface area contributed by atoms with Gasteiger partial charge in [0.15, 0.2) is 5.79 Å². The summed E-state index contributed by atoms with van der Waals surface area (Å²) in [5.74, 6) is -5.92. The van der Waals surface area contributed by atoms with Crippen LogP contribution in [0.25, 0.3) is 11.1 Å². The number of thiophene rings is 1. The minimum Gasteiger partial charge on any atom is -0.384 e. The van der Waals surface area contributed by atoms with Gasteiger partial charge in [0, 0.05) is 38.9 Å². The van der Waals surface area contributed by atoms with Gasteiger partial charge in [0.2, 0.25) is 11.8 Å². The van der Waals surface area contributed by atoms with Crippen LogP contribution in [0.2, 0.25) is 0 Å². The molecule has 0 radical (unpaired) electrons. The molecule has 1 aliphatic carbocycles. The second-order valence-corrected chi connectivity index (χ2v) is 12.2. The van der Waals surface area contributed by atoms with Crippen LogP contribution < -0.4 is 16.4 Å². The van der Waals surface area contributed by atoms with E-state index in [9.17, 15) is 14.4 Å². The van der Waals surface area contributed by atoms with Crippen LogP contribution in [0, 0.1) is 12.3 Å². The molecule has 3 heterocycles. The minimum absolute atomic E-state index is 0.00560. The van der Waals surface area contributed by atoms with Crippen LogP contribution in [0.4, 0.5) is 8.78 Å². The van der Waals surface area contributed by atoms with Crippen molar-refractivity contribution >= 4 is 34.9 Å². The van der Waals surface area contributed by atoms with E-state index in [-0.39, 0.29) is 41.1 Å². The third kappa shape index (κ3) is 5.14. The molecule has 0 bridgehead atoms. The third-order valence-electron chi connectivity index (χ3n) is 8.35. The lowest BCUT2D eigenvalue weighted by Crippen LogP contribution is -2.49. The van der Waals surface area contributed by atoms with E-state index in [0.717, 1.165) is 4.88 Å². The van der Waals surface area contributed by atoms with E-state index in [2.05, 4.69) is 10.6 Å². The van der Waals surface area contributed by atoms with E-state index in [4.69, 9.17) is 20.6 Å². The average Bonchev–Trinajstić information content (AvgIpc) is 3.78. The average molecular weight is 624 g/mol. The van der Waals surface area contributed by atoms with Gasteiger partial charge in [-0.2, -0.15) is 8.78 Å². The van der Waals surface area contributed by atoms with Crippen LogP contribution in [0.15, 0.2) is 47.8 Å². The van der Waals surface area contributed by atoms with E-state index in [0.29, 0.717) is 29.9 Å². The largest absolute Gasteiger partial charge is 0.384 e. The quantitative estimate of drug-likeness (QED) is 0.234. The van der Waals surface area contributed by atoms with E-state index in [1.807, 2.05) is 0 Å². The topological polar surface area (TPSA) is 147 Å². The molecule has 2 aromatic carbocycles. The summed E-state index contributed by atoms with van der Waals surface area (Å²) >= 11 is 1.36. The summed E-state index contributed by atoms with van der Waals surface area (Å²) in [6, 6.07) is 9.10. The molecule has 6 rings (SSSR count). The first-order chi connectivity index (χ1) is 20.9. The molecule has 10 nitrogen and oxygen atoms in total. The first kappa shape index (κ1) is 29.9. The lowest BCUT2D eigenvalue weighted by molar-refractivity contribution is -0.152. The standard InChI is InChI=1S/C31H31F2N5O5S/c1-16-4-3-5-22-26(16)20-10-18(6-7-21(20)31(22,32)33)28(40)36-13-25(39)38-15-30(42-8-9-43-30)12-23(38)29(41)37-17(2)24-11-19(14-44-24)27(34)35/h3-7,10-11,14,17,23H,8-9,12-13,15H2,1-2H3,(H3,34,35)(H,36,40)(H,37,41)/t17-,23+/m1/s1. The maximum absolute atomic E-state index is 15.1. The molecule has 13 heteroatoms. The molecule has 2 saturated heterocycles. The van der Waals surface area contributed by atoms with Crippen molar-refractivity contribution in [3.8, 4) is 11.1 Å². The molecular formula is C31H31F2N5O5S. The summed E-state index contributed by atoms with van der Waals surface area (Å²) in [4.78, 5) is 42.1. The minimum atomic E-state index is -3.18. The number of amidine groups is 1. The number of nitrogens with one attached hydrogen (secondary N) is 3. The lowest BCUT2D eigenvalue weighted by atomic mass is 9.99. The van der Waals surface area contributed by atoms with Crippen LogP contribution in [-0.2, 0) is 25.0 Å². The van der Waals surface area contributed by atoms with Gasteiger partial charge < -0.3 is 30.7 Å². The molecule has 0 saturated carbocycles. The number of hydrogen-bond donors (Lipinski definition) is 4. The van der Waals surface area contributed by atoms with E-state index in [1.165, 1.54) is 40.5 Å². The maximum atomic E-state index is 15.1. The van der Waals surface area contributed by atoms with Gasteiger partial charge in [-0.1, -0.05) is 24.3 Å². The highest BCUT2D eigenvalue weighted by Gasteiger charge is 2.52. The summed E-state index contributed by atoms with van der Waals surface area (Å²) in [7, 11) is 0. The SMILES string of the molecule is Cc1cccc2c1-c1cc(C(=O)NCC(=O)N3CC4(C[C@H]3C(=O)N[C@H](C)c3cc(C(=N)N)cs3)OCCO4)ccc1C2(F)F. The van der Waals surface area contributed by atoms with E-state index < -0.39 is 48.1 Å². The number of rotatable bonds is 7. The molecule has 1 spiro atoms. The van der Waals surface area contributed by atoms with Crippen molar-refractivity contribution < 1.29 is 32.6 Å². The van der Waals surface area contributed by atoms with Crippen molar-refractivity contribution in [1.82, 2.24) is 15.5 Å². The first-order valence-corrected chi connectivity index (χ1v) is 15.0. The molecule has 2 fully saturated rings. The smallest absolute Gasteiger partial charge is 0.299 e. The number of alkyl halides is 2. The molecule has 2 atom stereocenters. The van der Waals surface area contributed by atoms with Crippen molar-refractivity contribution in [2.45, 2.75) is 44.1 Å². The number of benzene rings is 2. The number of amides is 3. The summed E-state index contributed by atoms with van der Waals surface area (Å²) in [6.45, 7) is 3.77. The number of hydrogen-bond acceptors (Lipinski definition) is 7. The summed E-state index contributed by atoms with van der Waals surface area (Å²) < 4.78 is 41.8. The number of nitrogens with zero attached hydrogens (tertiary/aromatic N) is 1. The van der Waals surface area contributed by atoms with Crippen molar-refractivity contribution in [2.75, 3.05) is 26.3 Å². The zero-order valence-electron chi connectivity index (χ0n) is 24.0. The van der Waals surface area contributed by atoms with Gasteiger partial charge in [-0.25, -0.2) is 0 Å². The molecule has 230 valence electrons. The predicted molar refractivity (Wildman–Crippen MR) is 159 cm³/mol. The van der Waals surface area contributed by atoms with Crippen LogP contribution in [0.5, 0.6) is 0 Å². The Hall–Kier alpha value is -4.20. The number of halogens is 2. The fourth-order valence-electron chi connectivity index (χ4n) is 6.10. The summed E-state index contributed by atoms with van der Waals surface area (Å²) in [5, 5.41) is 14.8. The number of fused-ring (bicyclic) bond motifs is 3. The highest BCUT2D eigenvalue weighted by atomic mass is 32.1. The van der Waals surface area contributed by atoms with Gasteiger partial charge in [-0.15, -0.1) is 11.3 Å². The van der Waals surface area contributed by atoms with Crippen molar-refractivity contribution in [3.05, 3.63) is 80.5 Å². The van der Waals surface area contributed by atoms with E-state index in [1.54, 1.807) is 37.4 Å². The Morgan fingerprint density at radius 1 is 1.14 bits per heavy atom. The number of nitrogens with two attached hydrogens (primary N) is 1. The van der Waals surface area contributed by atoms with Gasteiger partial charge >= 0.3 is 0 Å². The Morgan fingerprint density at radius 3 is 2.59 bits per heavy atom. The van der Waals surface area contributed by atoms with E-state index >= 15 is 8.78 Å². The fraction of sp³-hybridized carbons (Fsp3) is 0.355. The zero-order valence-corrected chi connectivity index (χ0v) is 24.9. The molecule has 3 amide bonds. The normalized spacial score (nSPS) is 19.8. The molecule has 1 aromatic heterocycles. The molecule has 2 aliphatic heterocycles. The summed E-state index contributed by atoms with van der Waals surface area (Å²) in [6.07, 6.45) is 0.117. The predicted octanol–water partition coefficient (Wildman–Crippen LogP) is 3.41. The van der Waals surface area contributed by atoms with Gasteiger partial charge in [0.1, 0.15) is 11.9 Å². The molecule has 5 N–H and O–H groups in total. The van der Waals surface area contributed by atoms with Crippen molar-refractivity contribution in [2.24, 2.45) is 5.73 Å². The number of carbonyl (C=O) groups is 3. The molecule has 3 aromatic rings.